The minimum atomic E-state index is -4.78. The number of aromatic nitrogens is 5. The minimum absolute atomic E-state index is 0.00969. The molecule has 4 heterocycles. The second-order valence-corrected chi connectivity index (χ2v) is 5.97. The Morgan fingerprint density at radius 3 is 2.66 bits per heavy atom. The first kappa shape index (κ1) is 18.5. The molecule has 148 valence electrons. The lowest BCUT2D eigenvalue weighted by Crippen LogP contribution is -2.25. The van der Waals surface area contributed by atoms with Gasteiger partial charge in [-0.25, -0.2) is 14.4 Å². The predicted molar refractivity (Wildman–Crippen MR) is 92.6 cm³/mol. The van der Waals surface area contributed by atoms with Crippen LogP contribution < -0.4 is 10.9 Å². The molecule has 1 amide bonds. The third-order valence-corrected chi connectivity index (χ3v) is 4.02. The van der Waals surface area contributed by atoms with Crippen LogP contribution in [-0.2, 0) is 17.5 Å². The highest BCUT2D eigenvalue weighted by atomic mass is 19.4. The average Bonchev–Trinajstić information content (AvgIpc) is 3.13. The van der Waals surface area contributed by atoms with E-state index in [1.807, 2.05) is 0 Å². The van der Waals surface area contributed by atoms with E-state index >= 15 is 0 Å². The summed E-state index contributed by atoms with van der Waals surface area (Å²) in [5.41, 5.74) is -2.31. The summed E-state index contributed by atoms with van der Waals surface area (Å²) in [5.74, 6) is -1.22. The van der Waals surface area contributed by atoms with Crippen LogP contribution in [0, 0.1) is 5.82 Å². The van der Waals surface area contributed by atoms with E-state index in [1.165, 1.54) is 24.4 Å². The summed E-state index contributed by atoms with van der Waals surface area (Å²) < 4.78 is 54.0. The number of fused-ring (bicyclic) bond motifs is 2. The second-order valence-electron chi connectivity index (χ2n) is 5.97. The van der Waals surface area contributed by atoms with Crippen molar-refractivity contribution in [3.05, 3.63) is 64.6 Å². The van der Waals surface area contributed by atoms with E-state index in [9.17, 15) is 27.2 Å². The Morgan fingerprint density at radius 2 is 1.97 bits per heavy atom. The summed E-state index contributed by atoms with van der Waals surface area (Å²) in [6.45, 7) is -0.487. The third-order valence-electron chi connectivity index (χ3n) is 4.02. The number of rotatable bonds is 3. The van der Waals surface area contributed by atoms with E-state index in [-0.39, 0.29) is 22.5 Å². The van der Waals surface area contributed by atoms with Gasteiger partial charge in [-0.05, 0) is 24.3 Å². The summed E-state index contributed by atoms with van der Waals surface area (Å²) >= 11 is 0. The zero-order valence-electron chi connectivity index (χ0n) is 14.3. The van der Waals surface area contributed by atoms with Crippen LogP contribution in [0.5, 0.6) is 0 Å². The molecule has 0 fully saturated rings. The first-order valence-corrected chi connectivity index (χ1v) is 8.10. The molecule has 0 radical (unpaired) electrons. The van der Waals surface area contributed by atoms with Gasteiger partial charge in [-0.3, -0.25) is 9.59 Å². The molecule has 0 unspecified atom stereocenters. The molecular formula is C17H10F4N6O2. The van der Waals surface area contributed by atoms with Gasteiger partial charge in [0.2, 0.25) is 5.91 Å². The number of anilines is 1. The van der Waals surface area contributed by atoms with Crippen LogP contribution in [0.1, 0.15) is 5.69 Å². The SMILES string of the molecule is O=C(Cn1c2ncccc2c(=O)n2nc(C(F)(F)F)cc12)Nc1ccc(F)cn1. The summed E-state index contributed by atoms with van der Waals surface area (Å²) in [5, 5.41) is 5.73. The summed E-state index contributed by atoms with van der Waals surface area (Å²) in [7, 11) is 0. The summed E-state index contributed by atoms with van der Waals surface area (Å²) in [6.07, 6.45) is -2.54. The lowest BCUT2D eigenvalue weighted by molar-refractivity contribution is -0.141. The van der Waals surface area contributed by atoms with Gasteiger partial charge in [-0.1, -0.05) is 0 Å². The van der Waals surface area contributed by atoms with Gasteiger partial charge >= 0.3 is 6.18 Å². The second kappa shape index (κ2) is 6.65. The fourth-order valence-electron chi connectivity index (χ4n) is 2.78. The summed E-state index contributed by atoms with van der Waals surface area (Å²) in [6, 6.07) is 5.79. The standard InChI is InChI=1S/C17H10F4N6O2/c18-9-3-4-12(23-7-9)24-13(28)8-26-14-6-11(17(19,20)21)25-27(14)16(29)10-2-1-5-22-15(10)26/h1-7H,8H2,(H,23,24,28). The first-order valence-electron chi connectivity index (χ1n) is 8.10. The Bertz CT molecular complexity index is 1290. The lowest BCUT2D eigenvalue weighted by Gasteiger charge is -2.12. The van der Waals surface area contributed by atoms with Crippen LogP contribution in [0.3, 0.4) is 0 Å². The maximum atomic E-state index is 13.1. The number of hydrogen-bond acceptors (Lipinski definition) is 5. The Morgan fingerprint density at radius 1 is 1.17 bits per heavy atom. The fraction of sp³-hybridized carbons (Fsp3) is 0.118. The zero-order valence-corrected chi connectivity index (χ0v) is 14.3. The van der Waals surface area contributed by atoms with Gasteiger partial charge in [0.05, 0.1) is 11.6 Å². The van der Waals surface area contributed by atoms with Crippen molar-refractivity contribution >= 4 is 28.4 Å². The number of nitrogens with one attached hydrogen (secondary N) is 1. The maximum absolute atomic E-state index is 13.1. The van der Waals surface area contributed by atoms with Gasteiger partial charge in [0.15, 0.2) is 5.69 Å². The fourth-order valence-corrected chi connectivity index (χ4v) is 2.78. The lowest BCUT2D eigenvalue weighted by atomic mass is 10.3. The Hall–Kier alpha value is -3.83. The largest absolute Gasteiger partial charge is 0.435 e. The molecule has 0 saturated heterocycles. The number of alkyl halides is 3. The zero-order chi connectivity index (χ0) is 20.8. The molecule has 8 nitrogen and oxygen atoms in total. The average molecular weight is 406 g/mol. The highest BCUT2D eigenvalue weighted by Crippen LogP contribution is 2.29. The summed E-state index contributed by atoms with van der Waals surface area (Å²) in [4.78, 5) is 32.7. The third kappa shape index (κ3) is 3.39. The van der Waals surface area contributed by atoms with Gasteiger partial charge in [-0.15, -0.1) is 0 Å². The van der Waals surface area contributed by atoms with Crippen LogP contribution in [0.15, 0.2) is 47.5 Å². The molecule has 0 aromatic carbocycles. The monoisotopic (exact) mass is 406 g/mol. The molecule has 12 heteroatoms. The van der Waals surface area contributed by atoms with E-state index < -0.39 is 35.7 Å². The number of pyridine rings is 2. The highest BCUT2D eigenvalue weighted by molar-refractivity contribution is 5.91. The van der Waals surface area contributed by atoms with Crippen molar-refractivity contribution < 1.29 is 22.4 Å². The van der Waals surface area contributed by atoms with Crippen LogP contribution in [0.2, 0.25) is 0 Å². The molecule has 0 spiro atoms. The van der Waals surface area contributed by atoms with Crippen molar-refractivity contribution in [1.82, 2.24) is 24.1 Å². The van der Waals surface area contributed by atoms with Crippen LogP contribution in [-0.4, -0.2) is 30.1 Å². The molecule has 0 saturated carbocycles. The van der Waals surface area contributed by atoms with Gasteiger partial charge in [0.25, 0.3) is 5.56 Å². The van der Waals surface area contributed by atoms with Crippen molar-refractivity contribution in [2.75, 3.05) is 5.32 Å². The number of carbonyl (C=O) groups excluding carboxylic acids is 1. The van der Waals surface area contributed by atoms with Gasteiger partial charge in [0, 0.05) is 12.3 Å². The molecule has 4 aromatic heterocycles. The van der Waals surface area contributed by atoms with Crippen molar-refractivity contribution in [2.45, 2.75) is 12.7 Å². The van der Waals surface area contributed by atoms with Crippen molar-refractivity contribution in [3.63, 3.8) is 0 Å². The van der Waals surface area contributed by atoms with Crippen molar-refractivity contribution in [3.8, 4) is 0 Å². The van der Waals surface area contributed by atoms with E-state index in [2.05, 4.69) is 20.4 Å². The molecule has 4 aromatic rings. The molecule has 1 N–H and O–H groups in total. The van der Waals surface area contributed by atoms with E-state index in [1.54, 1.807) is 0 Å². The molecule has 0 aliphatic heterocycles. The van der Waals surface area contributed by atoms with Gasteiger partial charge < -0.3 is 9.88 Å². The number of halogens is 4. The Kier molecular flexibility index (Phi) is 4.25. The Balaban J connectivity index is 1.83. The molecule has 4 rings (SSSR count). The van der Waals surface area contributed by atoms with Crippen molar-refractivity contribution in [2.24, 2.45) is 0 Å². The topological polar surface area (TPSA) is 94.2 Å². The predicted octanol–water partition coefficient (Wildman–Crippen LogP) is 2.24. The van der Waals surface area contributed by atoms with Gasteiger partial charge in [0.1, 0.15) is 29.5 Å². The van der Waals surface area contributed by atoms with E-state index in [4.69, 9.17) is 0 Å². The molecule has 0 bridgehead atoms. The quantitative estimate of drug-likeness (QED) is 0.527. The molecular weight excluding hydrogens is 396 g/mol. The minimum Gasteiger partial charge on any atom is -0.309 e. The number of nitrogens with zero attached hydrogens (tertiary/aromatic N) is 5. The van der Waals surface area contributed by atoms with Gasteiger partial charge in [-0.2, -0.15) is 22.8 Å². The Labute approximate surface area is 158 Å². The van der Waals surface area contributed by atoms with Crippen LogP contribution >= 0.6 is 0 Å². The van der Waals surface area contributed by atoms with E-state index in [0.29, 0.717) is 10.6 Å². The van der Waals surface area contributed by atoms with Crippen LogP contribution in [0.4, 0.5) is 23.4 Å². The van der Waals surface area contributed by atoms with E-state index in [0.717, 1.165) is 16.8 Å². The first-order chi connectivity index (χ1) is 13.7. The smallest absolute Gasteiger partial charge is 0.309 e. The number of amides is 1. The molecule has 0 atom stereocenters. The molecule has 0 aliphatic carbocycles. The van der Waals surface area contributed by atoms with Crippen molar-refractivity contribution in [1.29, 1.82) is 0 Å². The number of hydrogen-bond donors (Lipinski definition) is 1. The number of carbonyl (C=O) groups is 1. The van der Waals surface area contributed by atoms with Crippen LogP contribution in [0.25, 0.3) is 16.7 Å². The molecule has 29 heavy (non-hydrogen) atoms. The maximum Gasteiger partial charge on any atom is 0.435 e. The molecule has 0 aliphatic rings. The normalized spacial score (nSPS) is 11.9. The highest BCUT2D eigenvalue weighted by Gasteiger charge is 2.35.